The molecule has 0 aliphatic rings. The van der Waals surface area contributed by atoms with Gasteiger partial charge in [0.1, 0.15) is 0 Å². The maximum atomic E-state index is 12.6. The third-order valence-electron chi connectivity index (χ3n) is 2.97. The fourth-order valence-corrected chi connectivity index (χ4v) is 3.33. The first-order valence-electron chi connectivity index (χ1n) is 5.93. The van der Waals surface area contributed by atoms with Crippen LogP contribution in [0.25, 0.3) is 10.4 Å². The molecule has 2 aromatic carbocycles. The number of hydrogen-bond acceptors (Lipinski definition) is 3. The van der Waals surface area contributed by atoms with Crippen LogP contribution in [0.15, 0.2) is 57.4 Å². The SMILES string of the molecule is Cc1ccc(S(=O)(=O)c2cccc(C)c2N=[N+]=[N-])cc1. The van der Waals surface area contributed by atoms with Crippen LogP contribution in [0.4, 0.5) is 5.69 Å². The van der Waals surface area contributed by atoms with Crippen molar-refractivity contribution in [2.45, 2.75) is 23.6 Å². The first-order valence-corrected chi connectivity index (χ1v) is 7.41. The average Bonchev–Trinajstić information content (AvgIpc) is 2.41. The third kappa shape index (κ3) is 2.52. The van der Waals surface area contributed by atoms with Crippen LogP contribution >= 0.6 is 0 Å². The molecule has 6 heteroatoms. The van der Waals surface area contributed by atoms with E-state index in [1.54, 1.807) is 43.3 Å². The van der Waals surface area contributed by atoms with Gasteiger partial charge in [0.25, 0.3) is 0 Å². The Morgan fingerprint density at radius 3 is 2.30 bits per heavy atom. The fourth-order valence-electron chi connectivity index (χ4n) is 1.87. The molecule has 0 atom stereocenters. The number of benzene rings is 2. The zero-order valence-corrected chi connectivity index (χ0v) is 11.9. The summed E-state index contributed by atoms with van der Waals surface area (Å²) in [6.07, 6.45) is 0. The summed E-state index contributed by atoms with van der Waals surface area (Å²) in [7, 11) is -3.70. The van der Waals surface area contributed by atoms with Crippen LogP contribution in [-0.2, 0) is 9.84 Å². The van der Waals surface area contributed by atoms with Crippen LogP contribution in [-0.4, -0.2) is 8.42 Å². The Bertz CT molecular complexity index is 790. The van der Waals surface area contributed by atoms with Gasteiger partial charge in [-0.3, -0.25) is 0 Å². The maximum absolute atomic E-state index is 12.6. The van der Waals surface area contributed by atoms with Crippen molar-refractivity contribution in [3.8, 4) is 0 Å². The van der Waals surface area contributed by atoms with Crippen LogP contribution < -0.4 is 0 Å². The van der Waals surface area contributed by atoms with E-state index in [0.717, 1.165) is 5.56 Å². The van der Waals surface area contributed by atoms with Crippen molar-refractivity contribution in [1.82, 2.24) is 0 Å². The lowest BCUT2D eigenvalue weighted by Crippen LogP contribution is -2.03. The minimum absolute atomic E-state index is 0.0270. The normalized spacial score (nSPS) is 10.9. The van der Waals surface area contributed by atoms with E-state index >= 15 is 0 Å². The molecule has 2 aromatic rings. The number of sulfone groups is 1. The first-order chi connectivity index (χ1) is 9.46. The molecule has 5 nitrogen and oxygen atoms in total. The van der Waals surface area contributed by atoms with Crippen molar-refractivity contribution in [3.63, 3.8) is 0 Å². The lowest BCUT2D eigenvalue weighted by molar-refractivity contribution is 0.596. The molecule has 0 heterocycles. The van der Waals surface area contributed by atoms with E-state index in [0.29, 0.717) is 5.56 Å². The van der Waals surface area contributed by atoms with Crippen molar-refractivity contribution < 1.29 is 8.42 Å². The number of nitrogens with zero attached hydrogens (tertiary/aromatic N) is 3. The topological polar surface area (TPSA) is 82.9 Å². The molecule has 0 N–H and O–H groups in total. The molecule has 0 bridgehead atoms. The highest BCUT2D eigenvalue weighted by molar-refractivity contribution is 7.91. The van der Waals surface area contributed by atoms with Crippen molar-refractivity contribution >= 4 is 15.5 Å². The molecule has 0 fully saturated rings. The summed E-state index contributed by atoms with van der Waals surface area (Å²) in [5, 5.41) is 3.52. The third-order valence-corrected chi connectivity index (χ3v) is 4.77. The highest BCUT2D eigenvalue weighted by Crippen LogP contribution is 2.32. The van der Waals surface area contributed by atoms with Crippen LogP contribution in [0.5, 0.6) is 0 Å². The van der Waals surface area contributed by atoms with E-state index < -0.39 is 9.84 Å². The second-order valence-corrected chi connectivity index (χ2v) is 6.35. The van der Waals surface area contributed by atoms with E-state index in [2.05, 4.69) is 10.0 Å². The van der Waals surface area contributed by atoms with Crippen LogP contribution in [0.1, 0.15) is 11.1 Å². The monoisotopic (exact) mass is 287 g/mol. The van der Waals surface area contributed by atoms with Crippen molar-refractivity contribution in [3.05, 3.63) is 64.0 Å². The summed E-state index contributed by atoms with van der Waals surface area (Å²) in [5.41, 5.74) is 10.4. The molecule has 0 unspecified atom stereocenters. The van der Waals surface area contributed by atoms with E-state index in [1.165, 1.54) is 6.07 Å². The summed E-state index contributed by atoms with van der Waals surface area (Å²) in [6, 6.07) is 11.3. The first kappa shape index (κ1) is 14.1. The molecule has 0 aromatic heterocycles. The van der Waals surface area contributed by atoms with Gasteiger partial charge in [-0.1, -0.05) is 34.9 Å². The van der Waals surface area contributed by atoms with Gasteiger partial charge in [0.05, 0.1) is 15.5 Å². The molecule has 0 aliphatic heterocycles. The Labute approximate surface area is 117 Å². The quantitative estimate of drug-likeness (QED) is 0.484. The van der Waals surface area contributed by atoms with E-state index in [4.69, 9.17) is 5.53 Å². The molecule has 0 amide bonds. The van der Waals surface area contributed by atoms with E-state index in [9.17, 15) is 8.42 Å². The minimum Gasteiger partial charge on any atom is -0.219 e. The van der Waals surface area contributed by atoms with Gasteiger partial charge in [-0.25, -0.2) is 8.42 Å². The molecule has 0 saturated heterocycles. The molecule has 0 radical (unpaired) electrons. The Morgan fingerprint density at radius 1 is 1.05 bits per heavy atom. The second kappa shape index (κ2) is 5.36. The zero-order valence-electron chi connectivity index (χ0n) is 11.1. The second-order valence-electron chi connectivity index (χ2n) is 4.43. The van der Waals surface area contributed by atoms with Crippen LogP contribution in [0.2, 0.25) is 0 Å². The molecule has 0 saturated carbocycles. The Kier molecular flexibility index (Phi) is 3.79. The van der Waals surface area contributed by atoms with Gasteiger partial charge in [-0.15, -0.1) is 0 Å². The van der Waals surface area contributed by atoms with Gasteiger partial charge in [0.15, 0.2) is 0 Å². The lowest BCUT2D eigenvalue weighted by atomic mass is 10.2. The highest BCUT2D eigenvalue weighted by atomic mass is 32.2. The largest absolute Gasteiger partial charge is 0.219 e. The fraction of sp³-hybridized carbons (Fsp3) is 0.143. The summed E-state index contributed by atoms with van der Waals surface area (Å²) in [5.74, 6) is 0. The Hall–Kier alpha value is -2.30. The Morgan fingerprint density at radius 2 is 1.70 bits per heavy atom. The van der Waals surface area contributed by atoms with Gasteiger partial charge < -0.3 is 0 Å². The zero-order chi connectivity index (χ0) is 14.8. The van der Waals surface area contributed by atoms with E-state index in [-0.39, 0.29) is 15.5 Å². The Balaban J connectivity index is 2.69. The van der Waals surface area contributed by atoms with Gasteiger partial charge in [0.2, 0.25) is 9.84 Å². The molecular weight excluding hydrogens is 274 g/mol. The number of rotatable bonds is 3. The average molecular weight is 287 g/mol. The highest BCUT2D eigenvalue weighted by Gasteiger charge is 2.21. The predicted molar refractivity (Wildman–Crippen MR) is 76.6 cm³/mol. The molecular formula is C14H13N3O2S. The number of aryl methyl sites for hydroxylation is 2. The van der Waals surface area contributed by atoms with E-state index in [1.807, 2.05) is 6.92 Å². The lowest BCUT2D eigenvalue weighted by Gasteiger charge is -2.09. The van der Waals surface area contributed by atoms with Crippen LogP contribution in [0, 0.1) is 13.8 Å². The number of hydrogen-bond donors (Lipinski definition) is 0. The van der Waals surface area contributed by atoms with Crippen molar-refractivity contribution in [2.75, 3.05) is 0 Å². The van der Waals surface area contributed by atoms with Crippen molar-refractivity contribution in [2.24, 2.45) is 5.11 Å². The summed E-state index contributed by atoms with van der Waals surface area (Å²) in [6.45, 7) is 3.59. The van der Waals surface area contributed by atoms with Crippen molar-refractivity contribution in [1.29, 1.82) is 0 Å². The summed E-state index contributed by atoms with van der Waals surface area (Å²) in [4.78, 5) is 2.92. The summed E-state index contributed by atoms with van der Waals surface area (Å²) < 4.78 is 25.2. The molecule has 0 aliphatic carbocycles. The smallest absolute Gasteiger partial charge is 0.207 e. The minimum atomic E-state index is -3.70. The molecule has 102 valence electrons. The summed E-state index contributed by atoms with van der Waals surface area (Å²) >= 11 is 0. The standard InChI is InChI=1S/C14H13N3O2S/c1-10-6-8-12(9-7-10)20(18,19)13-5-3-4-11(2)14(13)16-17-15/h3-9H,1-2H3. The maximum Gasteiger partial charge on any atom is 0.207 e. The van der Waals surface area contributed by atoms with Gasteiger partial charge in [0, 0.05) is 4.91 Å². The van der Waals surface area contributed by atoms with Gasteiger partial charge in [-0.05, 0) is 43.1 Å². The molecule has 20 heavy (non-hydrogen) atoms. The van der Waals surface area contributed by atoms with Crippen LogP contribution in [0.3, 0.4) is 0 Å². The molecule has 2 rings (SSSR count). The van der Waals surface area contributed by atoms with Gasteiger partial charge >= 0.3 is 0 Å². The molecule has 0 spiro atoms. The predicted octanol–water partition coefficient (Wildman–Crippen LogP) is 4.08. The number of azide groups is 1. The van der Waals surface area contributed by atoms with Gasteiger partial charge in [-0.2, -0.15) is 0 Å².